The number of fused-ring (bicyclic) bond motifs is 1. The quantitative estimate of drug-likeness (QED) is 0.325. The van der Waals surface area contributed by atoms with Crippen LogP contribution >= 0.6 is 11.8 Å². The summed E-state index contributed by atoms with van der Waals surface area (Å²) >= 11 is 1.47. The average molecular weight is 416 g/mol. The lowest BCUT2D eigenvalue weighted by molar-refractivity contribution is 0.590. The highest BCUT2D eigenvalue weighted by molar-refractivity contribution is 7.98. The fourth-order valence-corrected chi connectivity index (χ4v) is 3.85. The summed E-state index contributed by atoms with van der Waals surface area (Å²) in [6.45, 7) is 7.03. The van der Waals surface area contributed by atoms with Crippen molar-refractivity contribution in [1.82, 2.24) is 14.5 Å². The number of rotatable bonds is 4. The fraction of sp³-hybridized carbons (Fsp3) is 0.240. The molecular formula is C25H25N3OS. The van der Waals surface area contributed by atoms with Crippen LogP contribution in [0.4, 0.5) is 0 Å². The lowest BCUT2D eigenvalue weighted by Gasteiger charge is -2.19. The molecule has 0 N–H and O–H groups in total. The van der Waals surface area contributed by atoms with Gasteiger partial charge in [-0.15, -0.1) is 0 Å². The van der Waals surface area contributed by atoms with Crippen LogP contribution in [0.15, 0.2) is 76.8 Å². The summed E-state index contributed by atoms with van der Waals surface area (Å²) in [5, 5.41) is 1.52. The molecule has 0 spiro atoms. The summed E-state index contributed by atoms with van der Waals surface area (Å²) in [6.07, 6.45) is 3.74. The number of hydrogen-bond acceptors (Lipinski definition) is 4. The molecule has 0 saturated heterocycles. The minimum absolute atomic E-state index is 0.0411. The highest BCUT2D eigenvalue weighted by atomic mass is 32.2. The summed E-state index contributed by atoms with van der Waals surface area (Å²) in [5.41, 5.74) is 4.57. The van der Waals surface area contributed by atoms with Gasteiger partial charge < -0.3 is 0 Å². The largest absolute Gasteiger partial charge is 0.288 e. The summed E-state index contributed by atoms with van der Waals surface area (Å²) in [4.78, 5) is 22.6. The average Bonchev–Trinajstić information content (AvgIpc) is 2.75. The number of benzene rings is 2. The summed E-state index contributed by atoms with van der Waals surface area (Å²) in [6, 6.07) is 20.2. The van der Waals surface area contributed by atoms with E-state index in [9.17, 15) is 4.79 Å². The molecule has 0 unspecified atom stereocenters. The maximum atomic E-state index is 13.6. The van der Waals surface area contributed by atoms with Gasteiger partial charge in [0.15, 0.2) is 5.16 Å². The smallest absolute Gasteiger partial charge is 0.260 e. The van der Waals surface area contributed by atoms with Gasteiger partial charge in [0.1, 0.15) is 5.65 Å². The van der Waals surface area contributed by atoms with E-state index >= 15 is 0 Å². The van der Waals surface area contributed by atoms with Gasteiger partial charge in [0, 0.05) is 17.1 Å². The first kappa shape index (κ1) is 20.4. The molecule has 152 valence electrons. The topological polar surface area (TPSA) is 47.8 Å². The molecule has 0 aliphatic heterocycles. The maximum absolute atomic E-state index is 13.6. The molecule has 0 radical (unpaired) electrons. The Morgan fingerprint density at radius 1 is 1.00 bits per heavy atom. The Balaban J connectivity index is 1.91. The molecule has 0 atom stereocenters. The number of thioether (sulfide) groups is 1. The Morgan fingerprint density at radius 3 is 2.33 bits per heavy atom. The second-order valence-electron chi connectivity index (χ2n) is 8.40. The molecule has 0 amide bonds. The Hall–Kier alpha value is -2.92. The number of aromatic nitrogens is 3. The predicted octanol–water partition coefficient (Wildman–Crippen LogP) is 5.53. The van der Waals surface area contributed by atoms with Crippen molar-refractivity contribution in [2.75, 3.05) is 6.26 Å². The number of hydrogen-bond donors (Lipinski definition) is 0. The van der Waals surface area contributed by atoms with Gasteiger partial charge in [-0.1, -0.05) is 87.1 Å². The first-order valence-electron chi connectivity index (χ1n) is 9.96. The first-order valence-corrected chi connectivity index (χ1v) is 11.2. The number of pyridine rings is 1. The lowest BCUT2D eigenvalue weighted by atomic mass is 9.86. The molecule has 4 aromatic rings. The Morgan fingerprint density at radius 2 is 1.70 bits per heavy atom. The van der Waals surface area contributed by atoms with E-state index in [0.717, 1.165) is 16.5 Å². The van der Waals surface area contributed by atoms with E-state index in [0.29, 0.717) is 22.9 Å². The fourth-order valence-electron chi connectivity index (χ4n) is 3.51. The second kappa shape index (κ2) is 8.07. The zero-order valence-electron chi connectivity index (χ0n) is 17.7. The lowest BCUT2D eigenvalue weighted by Crippen LogP contribution is -2.24. The van der Waals surface area contributed by atoms with Gasteiger partial charge in [-0.05, 0) is 34.4 Å². The molecule has 2 heterocycles. The van der Waals surface area contributed by atoms with Gasteiger partial charge in [0.05, 0.1) is 6.54 Å². The van der Waals surface area contributed by atoms with Gasteiger partial charge in [-0.25, -0.2) is 9.97 Å². The third kappa shape index (κ3) is 4.03. The number of nitrogens with zero attached hydrogens (tertiary/aromatic N) is 3. The normalized spacial score (nSPS) is 11.7. The van der Waals surface area contributed by atoms with Crippen molar-refractivity contribution in [2.45, 2.75) is 37.9 Å². The molecule has 0 saturated carbocycles. The third-order valence-corrected chi connectivity index (χ3v) is 5.79. The molecule has 0 fully saturated rings. The minimum atomic E-state index is -0.0411. The Labute approximate surface area is 181 Å². The standard InChI is InChI=1S/C25H25N3OS/c1-25(2,3)20-12-10-18(11-13-20)21-14-19-15-26-24(30-4)27-22(19)28(23(21)29)16-17-8-6-5-7-9-17/h5-15H,16H2,1-4H3. The van der Waals surface area contributed by atoms with Crippen molar-refractivity contribution in [3.8, 4) is 11.1 Å². The molecule has 2 aromatic heterocycles. The van der Waals surface area contributed by atoms with Crippen molar-refractivity contribution in [3.05, 3.63) is 88.3 Å². The third-order valence-electron chi connectivity index (χ3n) is 5.23. The highest BCUT2D eigenvalue weighted by Crippen LogP contribution is 2.26. The van der Waals surface area contributed by atoms with Gasteiger partial charge in [-0.2, -0.15) is 0 Å². The van der Waals surface area contributed by atoms with Gasteiger partial charge >= 0.3 is 0 Å². The van der Waals surface area contributed by atoms with Crippen molar-refractivity contribution >= 4 is 22.8 Å². The van der Waals surface area contributed by atoms with Crippen LogP contribution in [0.2, 0.25) is 0 Å². The van der Waals surface area contributed by atoms with Crippen LogP contribution in [-0.2, 0) is 12.0 Å². The van der Waals surface area contributed by atoms with Crippen LogP contribution in [0.1, 0.15) is 31.9 Å². The molecule has 2 aromatic carbocycles. The molecular weight excluding hydrogens is 390 g/mol. The van der Waals surface area contributed by atoms with Gasteiger partial charge in [0.2, 0.25) is 0 Å². The van der Waals surface area contributed by atoms with Crippen LogP contribution in [0.3, 0.4) is 0 Å². The zero-order chi connectivity index (χ0) is 21.3. The van der Waals surface area contributed by atoms with Crippen LogP contribution in [0.5, 0.6) is 0 Å². The monoisotopic (exact) mass is 415 g/mol. The van der Waals surface area contributed by atoms with Crippen LogP contribution in [-0.4, -0.2) is 20.8 Å². The first-order chi connectivity index (χ1) is 14.4. The molecule has 4 nitrogen and oxygen atoms in total. The second-order valence-corrected chi connectivity index (χ2v) is 9.17. The van der Waals surface area contributed by atoms with E-state index in [1.54, 1.807) is 4.57 Å². The van der Waals surface area contributed by atoms with E-state index in [-0.39, 0.29) is 11.0 Å². The molecule has 0 aliphatic carbocycles. The SMILES string of the molecule is CSc1ncc2cc(-c3ccc(C(C)(C)C)cc3)c(=O)n(Cc3ccccc3)c2n1. The van der Waals surface area contributed by atoms with E-state index in [2.05, 4.69) is 42.9 Å². The summed E-state index contributed by atoms with van der Waals surface area (Å²) in [5.74, 6) is 0. The van der Waals surface area contributed by atoms with Crippen LogP contribution in [0, 0.1) is 0 Å². The molecule has 30 heavy (non-hydrogen) atoms. The van der Waals surface area contributed by atoms with E-state index in [4.69, 9.17) is 0 Å². The molecule has 4 rings (SSSR count). The van der Waals surface area contributed by atoms with Gasteiger partial charge in [-0.3, -0.25) is 9.36 Å². The van der Waals surface area contributed by atoms with E-state index in [1.807, 2.05) is 61.0 Å². The van der Waals surface area contributed by atoms with E-state index in [1.165, 1.54) is 17.3 Å². The highest BCUT2D eigenvalue weighted by Gasteiger charge is 2.16. The van der Waals surface area contributed by atoms with Crippen LogP contribution < -0.4 is 5.56 Å². The Bertz CT molecular complexity index is 1240. The predicted molar refractivity (Wildman–Crippen MR) is 125 cm³/mol. The van der Waals surface area contributed by atoms with E-state index < -0.39 is 0 Å². The van der Waals surface area contributed by atoms with Gasteiger partial charge in [0.25, 0.3) is 5.56 Å². The van der Waals surface area contributed by atoms with Crippen LogP contribution in [0.25, 0.3) is 22.2 Å². The van der Waals surface area contributed by atoms with Crippen molar-refractivity contribution in [2.24, 2.45) is 0 Å². The minimum Gasteiger partial charge on any atom is -0.288 e. The maximum Gasteiger partial charge on any atom is 0.260 e. The Kier molecular flexibility index (Phi) is 5.48. The molecule has 0 aliphatic rings. The van der Waals surface area contributed by atoms with Crippen molar-refractivity contribution in [3.63, 3.8) is 0 Å². The zero-order valence-corrected chi connectivity index (χ0v) is 18.5. The molecule has 0 bridgehead atoms. The summed E-state index contributed by atoms with van der Waals surface area (Å²) in [7, 11) is 0. The summed E-state index contributed by atoms with van der Waals surface area (Å²) < 4.78 is 1.76. The van der Waals surface area contributed by atoms with Crippen molar-refractivity contribution < 1.29 is 0 Å². The molecule has 5 heteroatoms. The van der Waals surface area contributed by atoms with Crippen molar-refractivity contribution in [1.29, 1.82) is 0 Å².